The van der Waals surface area contributed by atoms with E-state index in [2.05, 4.69) is 15.3 Å². The minimum atomic E-state index is -2.38. The molecule has 1 N–H and O–H groups in total. The molecular formula is C9H14F2N4S. The molecule has 0 aliphatic carbocycles. The Hall–Kier alpha value is -1.11. The Labute approximate surface area is 97.5 Å². The topological polar surface area (TPSA) is 41.0 Å². The maximum atomic E-state index is 12.2. The van der Waals surface area contributed by atoms with Crippen LogP contribution in [0.3, 0.4) is 0 Å². The van der Waals surface area contributed by atoms with Crippen LogP contribution in [-0.4, -0.2) is 43.3 Å². The fourth-order valence-corrected chi connectivity index (χ4v) is 1.50. The van der Waals surface area contributed by atoms with Gasteiger partial charge in [-0.05, 0) is 6.26 Å². The molecule has 0 aliphatic heterocycles. The molecule has 0 amide bonds. The van der Waals surface area contributed by atoms with Crippen molar-refractivity contribution in [2.75, 3.05) is 37.1 Å². The van der Waals surface area contributed by atoms with Crippen molar-refractivity contribution < 1.29 is 8.78 Å². The molecule has 0 unspecified atom stereocenters. The third-order valence-corrected chi connectivity index (χ3v) is 2.48. The second-order valence-electron chi connectivity index (χ2n) is 3.12. The molecule has 16 heavy (non-hydrogen) atoms. The molecule has 0 saturated heterocycles. The molecular weight excluding hydrogens is 234 g/mol. The van der Waals surface area contributed by atoms with Crippen molar-refractivity contribution in [2.24, 2.45) is 0 Å². The summed E-state index contributed by atoms with van der Waals surface area (Å²) in [6.45, 7) is -0.339. The first-order valence-electron chi connectivity index (χ1n) is 4.67. The van der Waals surface area contributed by atoms with Crippen LogP contribution in [0.4, 0.5) is 20.4 Å². The zero-order valence-corrected chi connectivity index (χ0v) is 10.2. The predicted molar refractivity (Wildman–Crippen MR) is 62.6 cm³/mol. The highest BCUT2D eigenvalue weighted by Crippen LogP contribution is 2.19. The van der Waals surface area contributed by atoms with Gasteiger partial charge in [-0.3, -0.25) is 0 Å². The molecule has 0 saturated carbocycles. The number of aromatic nitrogens is 2. The predicted octanol–water partition coefficient (Wildman–Crippen LogP) is 1.94. The minimum Gasteiger partial charge on any atom is -0.373 e. The Balaban J connectivity index is 2.93. The van der Waals surface area contributed by atoms with E-state index in [-0.39, 0.29) is 6.54 Å². The molecule has 0 fully saturated rings. The number of thioether (sulfide) groups is 1. The maximum absolute atomic E-state index is 12.2. The van der Waals surface area contributed by atoms with Gasteiger partial charge in [0.2, 0.25) is 0 Å². The third-order valence-electron chi connectivity index (χ3n) is 1.93. The van der Waals surface area contributed by atoms with Crippen LogP contribution in [0, 0.1) is 0 Å². The fraction of sp³-hybridized carbons (Fsp3) is 0.556. The number of hydrogen-bond acceptors (Lipinski definition) is 5. The molecule has 0 aromatic carbocycles. The summed E-state index contributed by atoms with van der Waals surface area (Å²) >= 11 is 1.37. The highest BCUT2D eigenvalue weighted by atomic mass is 32.2. The van der Waals surface area contributed by atoms with Gasteiger partial charge in [-0.25, -0.2) is 18.7 Å². The second kappa shape index (κ2) is 5.83. The number of alkyl halides is 2. The standard InChI is InChI=1S/C9H14F2N4S/c1-12-7-4-8(14-9(13-7)16-3)15(2)5-6(10)11/h4,6H,5H2,1-3H3,(H,12,13,14). The monoisotopic (exact) mass is 248 g/mol. The molecule has 4 nitrogen and oxygen atoms in total. The molecule has 90 valence electrons. The molecule has 0 aliphatic rings. The van der Waals surface area contributed by atoms with Gasteiger partial charge in [0.05, 0.1) is 6.54 Å². The van der Waals surface area contributed by atoms with E-state index in [1.54, 1.807) is 20.2 Å². The Bertz CT molecular complexity index is 326. The van der Waals surface area contributed by atoms with Gasteiger partial charge < -0.3 is 10.2 Å². The summed E-state index contributed by atoms with van der Waals surface area (Å²) in [5.74, 6) is 1.11. The van der Waals surface area contributed by atoms with Gasteiger partial charge in [0.15, 0.2) is 5.16 Å². The van der Waals surface area contributed by atoms with E-state index in [0.717, 1.165) is 0 Å². The molecule has 0 atom stereocenters. The highest BCUT2D eigenvalue weighted by molar-refractivity contribution is 7.98. The van der Waals surface area contributed by atoms with E-state index >= 15 is 0 Å². The Morgan fingerprint density at radius 2 is 2.19 bits per heavy atom. The zero-order valence-electron chi connectivity index (χ0n) is 9.37. The van der Waals surface area contributed by atoms with Crippen molar-refractivity contribution in [1.82, 2.24) is 9.97 Å². The van der Waals surface area contributed by atoms with Gasteiger partial charge >= 0.3 is 0 Å². The van der Waals surface area contributed by atoms with Gasteiger partial charge in [0.1, 0.15) is 11.6 Å². The van der Waals surface area contributed by atoms with Crippen LogP contribution in [-0.2, 0) is 0 Å². The van der Waals surface area contributed by atoms with E-state index < -0.39 is 6.43 Å². The SMILES string of the molecule is CNc1cc(N(C)CC(F)F)nc(SC)n1. The van der Waals surface area contributed by atoms with Crippen LogP contribution in [0.1, 0.15) is 0 Å². The normalized spacial score (nSPS) is 10.6. The average molecular weight is 248 g/mol. The number of hydrogen-bond donors (Lipinski definition) is 1. The first-order valence-corrected chi connectivity index (χ1v) is 5.89. The van der Waals surface area contributed by atoms with Crippen LogP contribution in [0.15, 0.2) is 11.2 Å². The van der Waals surface area contributed by atoms with Crippen LogP contribution in [0.2, 0.25) is 0 Å². The highest BCUT2D eigenvalue weighted by Gasteiger charge is 2.11. The van der Waals surface area contributed by atoms with Crippen LogP contribution >= 0.6 is 11.8 Å². The average Bonchev–Trinajstić information content (AvgIpc) is 2.27. The van der Waals surface area contributed by atoms with Crippen molar-refractivity contribution in [1.29, 1.82) is 0 Å². The van der Waals surface area contributed by atoms with Crippen LogP contribution in [0.25, 0.3) is 0 Å². The van der Waals surface area contributed by atoms with E-state index in [0.29, 0.717) is 16.8 Å². The summed E-state index contributed by atoms with van der Waals surface area (Å²) in [7, 11) is 3.31. The summed E-state index contributed by atoms with van der Waals surface area (Å²) in [6, 6.07) is 1.64. The molecule has 1 heterocycles. The molecule has 0 radical (unpaired) electrons. The Kier molecular flexibility index (Phi) is 4.72. The lowest BCUT2D eigenvalue weighted by Crippen LogP contribution is -2.25. The van der Waals surface area contributed by atoms with Gasteiger partial charge in [0, 0.05) is 20.2 Å². The van der Waals surface area contributed by atoms with Crippen LogP contribution in [0.5, 0.6) is 0 Å². The summed E-state index contributed by atoms with van der Waals surface area (Å²) in [5.41, 5.74) is 0. The fourth-order valence-electron chi connectivity index (χ4n) is 1.13. The van der Waals surface area contributed by atoms with Gasteiger partial charge in [0.25, 0.3) is 6.43 Å². The van der Waals surface area contributed by atoms with Crippen molar-refractivity contribution in [3.05, 3.63) is 6.07 Å². The van der Waals surface area contributed by atoms with E-state index in [1.807, 2.05) is 6.26 Å². The molecule has 1 aromatic heterocycles. The van der Waals surface area contributed by atoms with E-state index in [9.17, 15) is 8.78 Å². The summed E-state index contributed by atoms with van der Waals surface area (Å²) in [6.07, 6.45) is -0.540. The summed E-state index contributed by atoms with van der Waals surface area (Å²) in [5, 5.41) is 3.43. The number of nitrogens with zero attached hydrogens (tertiary/aromatic N) is 3. The maximum Gasteiger partial charge on any atom is 0.255 e. The third kappa shape index (κ3) is 3.48. The van der Waals surface area contributed by atoms with Crippen molar-refractivity contribution in [3.8, 4) is 0 Å². The van der Waals surface area contributed by atoms with E-state index in [1.165, 1.54) is 16.7 Å². The molecule has 0 bridgehead atoms. The largest absolute Gasteiger partial charge is 0.373 e. The Morgan fingerprint density at radius 3 is 2.69 bits per heavy atom. The second-order valence-corrected chi connectivity index (χ2v) is 3.89. The molecule has 7 heteroatoms. The van der Waals surface area contributed by atoms with Crippen molar-refractivity contribution in [2.45, 2.75) is 11.6 Å². The lowest BCUT2D eigenvalue weighted by Gasteiger charge is -2.18. The molecule has 1 aromatic rings. The van der Waals surface area contributed by atoms with E-state index in [4.69, 9.17) is 0 Å². The first kappa shape index (κ1) is 13.0. The van der Waals surface area contributed by atoms with Gasteiger partial charge in [-0.1, -0.05) is 11.8 Å². The zero-order chi connectivity index (χ0) is 12.1. The summed E-state index contributed by atoms with van der Waals surface area (Å²) in [4.78, 5) is 9.73. The molecule has 0 spiro atoms. The van der Waals surface area contributed by atoms with Gasteiger partial charge in [-0.2, -0.15) is 0 Å². The number of halogens is 2. The minimum absolute atomic E-state index is 0.339. The van der Waals surface area contributed by atoms with Crippen LogP contribution < -0.4 is 10.2 Å². The van der Waals surface area contributed by atoms with Gasteiger partial charge in [-0.15, -0.1) is 0 Å². The quantitative estimate of drug-likeness (QED) is 0.637. The lowest BCUT2D eigenvalue weighted by molar-refractivity contribution is 0.156. The van der Waals surface area contributed by atoms with Crippen molar-refractivity contribution >= 4 is 23.4 Å². The first-order chi connectivity index (χ1) is 7.56. The number of nitrogens with one attached hydrogen (secondary N) is 1. The van der Waals surface area contributed by atoms with Crippen molar-refractivity contribution in [3.63, 3.8) is 0 Å². The number of rotatable bonds is 5. The number of anilines is 2. The smallest absolute Gasteiger partial charge is 0.255 e. The molecule has 1 rings (SSSR count). The Morgan fingerprint density at radius 1 is 1.50 bits per heavy atom. The summed E-state index contributed by atoms with van der Waals surface area (Å²) < 4.78 is 24.5. The lowest BCUT2D eigenvalue weighted by atomic mass is 10.4.